The molecule has 0 fully saturated rings. The van der Waals surface area contributed by atoms with Crippen LogP contribution in [0.5, 0.6) is 5.75 Å². The Morgan fingerprint density at radius 3 is 2.38 bits per heavy atom. The Bertz CT molecular complexity index is 885. The van der Waals surface area contributed by atoms with Crippen molar-refractivity contribution in [2.45, 2.75) is 10.5 Å². The van der Waals surface area contributed by atoms with Crippen LogP contribution in [0.2, 0.25) is 5.02 Å². The number of hydrogen-bond acceptors (Lipinski definition) is 6. The first-order chi connectivity index (χ1) is 12.1. The molecule has 0 aliphatic carbocycles. The van der Waals surface area contributed by atoms with E-state index in [1.54, 1.807) is 24.3 Å². The molecule has 0 N–H and O–H groups in total. The minimum absolute atomic E-state index is 0.102. The van der Waals surface area contributed by atoms with Crippen molar-refractivity contribution in [3.8, 4) is 5.75 Å². The van der Waals surface area contributed by atoms with Crippen molar-refractivity contribution in [3.05, 3.63) is 53.2 Å². The van der Waals surface area contributed by atoms with Crippen LogP contribution in [0, 0.1) is 0 Å². The summed E-state index contributed by atoms with van der Waals surface area (Å²) in [6.07, 6.45) is 0.832. The van der Waals surface area contributed by atoms with Gasteiger partial charge in [0.2, 0.25) is 0 Å². The van der Waals surface area contributed by atoms with Crippen molar-refractivity contribution in [3.63, 3.8) is 0 Å². The number of hydrogen-bond donors (Lipinski definition) is 0. The molecule has 0 atom stereocenters. The van der Waals surface area contributed by atoms with Gasteiger partial charge >= 0.3 is 11.5 Å². The molecule has 0 bridgehead atoms. The van der Waals surface area contributed by atoms with Gasteiger partial charge in [0.25, 0.3) is 9.84 Å². The van der Waals surface area contributed by atoms with Gasteiger partial charge in [0.15, 0.2) is 5.03 Å². The number of pyridine rings is 1. The van der Waals surface area contributed by atoms with Gasteiger partial charge in [-0.05, 0) is 36.4 Å². The van der Waals surface area contributed by atoms with Gasteiger partial charge in [0.1, 0.15) is 19.0 Å². The quantitative estimate of drug-likeness (QED) is 0.538. The van der Waals surface area contributed by atoms with Gasteiger partial charge in [-0.3, -0.25) is 0 Å². The molecule has 0 aliphatic rings. The Labute approximate surface area is 151 Å². The molecule has 26 heavy (non-hydrogen) atoms. The third kappa shape index (κ3) is 4.64. The summed E-state index contributed by atoms with van der Waals surface area (Å²) >= 11 is 5.71. The molecule has 1 heterocycles. The largest absolute Gasteiger partial charge is 0.503 e. The molecule has 0 radical (unpaired) electrons. The summed E-state index contributed by atoms with van der Waals surface area (Å²) in [4.78, 5) is 15.1. The molecule has 0 aliphatic heterocycles. The van der Waals surface area contributed by atoms with Crippen LogP contribution in [0.3, 0.4) is 0 Å². The van der Waals surface area contributed by atoms with Crippen molar-refractivity contribution >= 4 is 27.4 Å². The second-order valence-corrected chi connectivity index (χ2v) is 7.04. The van der Waals surface area contributed by atoms with Gasteiger partial charge in [-0.2, -0.15) is 13.2 Å². The number of esters is 1. The van der Waals surface area contributed by atoms with E-state index in [1.807, 2.05) is 0 Å². The van der Waals surface area contributed by atoms with Crippen molar-refractivity contribution in [1.82, 2.24) is 4.98 Å². The fourth-order valence-corrected chi connectivity index (χ4v) is 2.76. The Morgan fingerprint density at radius 1 is 1.12 bits per heavy atom. The molecule has 0 saturated heterocycles. The number of carbonyl (C=O) groups excluding carboxylic acids is 1. The van der Waals surface area contributed by atoms with E-state index in [9.17, 15) is 26.4 Å². The topological polar surface area (TPSA) is 82.6 Å². The van der Waals surface area contributed by atoms with E-state index < -0.39 is 31.9 Å². The molecule has 1 aromatic heterocycles. The zero-order chi connectivity index (χ0) is 19.4. The van der Waals surface area contributed by atoms with Gasteiger partial charge in [-0.25, -0.2) is 18.2 Å². The highest BCUT2D eigenvalue weighted by atomic mass is 35.5. The average Bonchev–Trinajstić information content (AvgIpc) is 2.59. The van der Waals surface area contributed by atoms with E-state index in [4.69, 9.17) is 21.1 Å². The van der Waals surface area contributed by atoms with Crippen LogP contribution in [-0.2, 0) is 14.6 Å². The number of alkyl halides is 3. The summed E-state index contributed by atoms with van der Waals surface area (Å²) in [7, 11) is -5.79. The SMILES string of the molecule is O=C(OCCOc1ccc(Cl)cc1)c1cccnc1S(=O)(=O)C(F)(F)F. The number of carbonyl (C=O) groups is 1. The van der Waals surface area contributed by atoms with Crippen LogP contribution >= 0.6 is 11.6 Å². The smallest absolute Gasteiger partial charge is 0.490 e. The summed E-state index contributed by atoms with van der Waals surface area (Å²) < 4.78 is 71.0. The van der Waals surface area contributed by atoms with Gasteiger partial charge in [0, 0.05) is 11.2 Å². The number of halogens is 4. The highest BCUT2D eigenvalue weighted by Crippen LogP contribution is 2.31. The Kier molecular flexibility index (Phi) is 6.09. The maximum absolute atomic E-state index is 12.7. The lowest BCUT2D eigenvalue weighted by molar-refractivity contribution is -0.0438. The van der Waals surface area contributed by atoms with Gasteiger partial charge in [-0.15, -0.1) is 0 Å². The van der Waals surface area contributed by atoms with E-state index in [-0.39, 0.29) is 13.2 Å². The monoisotopic (exact) mass is 409 g/mol. The summed E-state index contributed by atoms with van der Waals surface area (Å²) in [5.74, 6) is -0.826. The van der Waals surface area contributed by atoms with Crippen molar-refractivity contribution < 1.29 is 35.9 Å². The molecule has 0 amide bonds. The first kappa shape index (κ1) is 20.0. The third-order valence-electron chi connectivity index (χ3n) is 2.95. The van der Waals surface area contributed by atoms with Crippen LogP contribution in [0.4, 0.5) is 13.2 Å². The molecule has 2 rings (SSSR count). The second kappa shape index (κ2) is 7.92. The molecule has 140 valence electrons. The lowest BCUT2D eigenvalue weighted by atomic mass is 10.3. The van der Waals surface area contributed by atoms with E-state index >= 15 is 0 Å². The number of rotatable bonds is 6. The first-order valence-electron chi connectivity index (χ1n) is 6.95. The molecule has 6 nitrogen and oxygen atoms in total. The Balaban J connectivity index is 2.03. The van der Waals surface area contributed by atoms with E-state index in [0.717, 1.165) is 18.3 Å². The molecular weight excluding hydrogens is 399 g/mol. The highest BCUT2D eigenvalue weighted by molar-refractivity contribution is 7.92. The van der Waals surface area contributed by atoms with E-state index in [1.165, 1.54) is 0 Å². The third-order valence-corrected chi connectivity index (χ3v) is 4.64. The first-order valence-corrected chi connectivity index (χ1v) is 8.81. The van der Waals surface area contributed by atoms with Crippen molar-refractivity contribution in [2.24, 2.45) is 0 Å². The van der Waals surface area contributed by atoms with Gasteiger partial charge < -0.3 is 9.47 Å². The lowest BCUT2D eigenvalue weighted by Crippen LogP contribution is -2.27. The predicted octanol–water partition coefficient (Wildman–Crippen LogP) is 3.26. The number of nitrogens with zero attached hydrogens (tertiary/aromatic N) is 1. The average molecular weight is 410 g/mol. The van der Waals surface area contributed by atoms with Crippen LogP contribution < -0.4 is 4.74 Å². The molecule has 0 spiro atoms. The minimum Gasteiger partial charge on any atom is -0.490 e. The summed E-state index contributed by atoms with van der Waals surface area (Å²) in [5.41, 5.74) is -6.40. The highest BCUT2D eigenvalue weighted by Gasteiger charge is 2.49. The maximum atomic E-state index is 12.7. The van der Waals surface area contributed by atoms with Crippen LogP contribution in [-0.4, -0.2) is 38.1 Å². The molecule has 1 aromatic carbocycles. The van der Waals surface area contributed by atoms with Gasteiger partial charge in [-0.1, -0.05) is 11.6 Å². The fourth-order valence-electron chi connectivity index (χ4n) is 1.77. The standard InChI is InChI=1S/C15H11ClF3NO5S/c16-10-3-5-11(6-4-10)24-8-9-25-14(21)12-2-1-7-20-13(12)26(22,23)15(17,18)19/h1-7H,8-9H2. The minimum atomic E-state index is -5.79. The predicted molar refractivity (Wildman–Crippen MR) is 84.7 cm³/mol. The zero-order valence-corrected chi connectivity index (χ0v) is 14.4. The lowest BCUT2D eigenvalue weighted by Gasteiger charge is -2.11. The van der Waals surface area contributed by atoms with Crippen molar-refractivity contribution in [1.29, 1.82) is 0 Å². The zero-order valence-electron chi connectivity index (χ0n) is 12.9. The molecule has 0 saturated carbocycles. The molecule has 2 aromatic rings. The molecular formula is C15H11ClF3NO5S. The summed E-state index contributed by atoms with van der Waals surface area (Å²) in [6.45, 7) is -0.420. The summed E-state index contributed by atoms with van der Waals surface area (Å²) in [5, 5.41) is -0.908. The van der Waals surface area contributed by atoms with Crippen LogP contribution in [0.15, 0.2) is 47.6 Å². The Morgan fingerprint density at radius 2 is 1.77 bits per heavy atom. The molecule has 11 heteroatoms. The number of benzene rings is 1. The number of sulfone groups is 1. The van der Waals surface area contributed by atoms with E-state index in [2.05, 4.69) is 4.98 Å². The van der Waals surface area contributed by atoms with Gasteiger partial charge in [0.05, 0.1) is 5.56 Å². The Hall–Kier alpha value is -2.33. The van der Waals surface area contributed by atoms with E-state index in [0.29, 0.717) is 10.8 Å². The number of aromatic nitrogens is 1. The number of ether oxygens (including phenoxy) is 2. The maximum Gasteiger partial charge on any atom is 0.503 e. The fraction of sp³-hybridized carbons (Fsp3) is 0.200. The normalized spacial score (nSPS) is 11.8. The van der Waals surface area contributed by atoms with Crippen LogP contribution in [0.1, 0.15) is 10.4 Å². The second-order valence-electron chi connectivity index (χ2n) is 4.74. The molecule has 0 unspecified atom stereocenters. The summed E-state index contributed by atoms with van der Waals surface area (Å²) in [6, 6.07) is 8.29. The van der Waals surface area contributed by atoms with Crippen LogP contribution in [0.25, 0.3) is 0 Å². The van der Waals surface area contributed by atoms with Crippen molar-refractivity contribution in [2.75, 3.05) is 13.2 Å².